The van der Waals surface area contributed by atoms with E-state index >= 15 is 0 Å². The topological polar surface area (TPSA) is 89.5 Å². The van der Waals surface area contributed by atoms with Crippen molar-refractivity contribution in [3.63, 3.8) is 0 Å². The van der Waals surface area contributed by atoms with Crippen LogP contribution >= 0.6 is 0 Å². The van der Waals surface area contributed by atoms with Crippen LogP contribution in [-0.4, -0.2) is 69.1 Å². The average molecular weight is 502 g/mol. The Labute approximate surface area is 219 Å². The van der Waals surface area contributed by atoms with Crippen LogP contribution in [-0.2, 0) is 0 Å². The van der Waals surface area contributed by atoms with Gasteiger partial charge in [0.05, 0.1) is 11.4 Å². The molecule has 1 saturated carbocycles. The van der Waals surface area contributed by atoms with Gasteiger partial charge in [0.25, 0.3) is 5.91 Å². The molecule has 1 aliphatic carbocycles. The molecule has 2 aliphatic rings. The van der Waals surface area contributed by atoms with Crippen LogP contribution in [0.25, 0.3) is 16.6 Å². The molecule has 2 N–H and O–H groups in total. The Morgan fingerprint density at radius 2 is 1.84 bits per heavy atom. The van der Waals surface area contributed by atoms with Crippen molar-refractivity contribution in [2.24, 2.45) is 4.99 Å². The Kier molecular flexibility index (Phi) is 9.06. The summed E-state index contributed by atoms with van der Waals surface area (Å²) in [5, 5.41) is 4.25. The highest BCUT2D eigenvalue weighted by Gasteiger charge is 2.28. The number of hydrogen-bond donors (Lipinski definition) is 2. The number of rotatable bonds is 6. The number of anilines is 2. The van der Waals surface area contributed by atoms with Gasteiger partial charge in [0.15, 0.2) is 0 Å². The molecule has 0 spiro atoms. The van der Waals surface area contributed by atoms with Gasteiger partial charge in [-0.15, -0.1) is 0 Å². The van der Waals surface area contributed by atoms with Crippen LogP contribution in [0.2, 0.25) is 0 Å². The number of hydrogen-bond acceptors (Lipinski definition) is 6. The zero-order valence-electron chi connectivity index (χ0n) is 22.5. The van der Waals surface area contributed by atoms with Gasteiger partial charge in [0.2, 0.25) is 5.95 Å². The van der Waals surface area contributed by atoms with Gasteiger partial charge >= 0.3 is 0 Å². The van der Waals surface area contributed by atoms with Crippen LogP contribution in [0.4, 0.5) is 11.6 Å². The number of aliphatic imine (C=N–C) groups is 1. The summed E-state index contributed by atoms with van der Waals surface area (Å²) in [5.41, 5.74) is 3.99. The first-order valence-electron chi connectivity index (χ1n) is 13.6. The monoisotopic (exact) mass is 501 g/mol. The van der Waals surface area contributed by atoms with Crippen molar-refractivity contribution in [3.05, 3.63) is 54.0 Å². The fraction of sp³-hybridized carbons (Fsp3) is 0.448. The molecule has 8 heteroatoms. The summed E-state index contributed by atoms with van der Waals surface area (Å²) in [5.74, 6) is 0.577. The van der Waals surface area contributed by atoms with Crippen LogP contribution in [0.1, 0.15) is 69.6 Å². The van der Waals surface area contributed by atoms with Crippen LogP contribution < -0.4 is 5.32 Å². The van der Waals surface area contributed by atoms with Gasteiger partial charge < -0.3 is 15.2 Å². The minimum absolute atomic E-state index is 0.0770. The highest BCUT2D eigenvalue weighted by molar-refractivity contribution is 5.98. The third-order valence-corrected chi connectivity index (χ3v) is 7.01. The van der Waals surface area contributed by atoms with Gasteiger partial charge in [0, 0.05) is 61.2 Å². The molecular formula is C29H39N7O. The second-order valence-corrected chi connectivity index (χ2v) is 9.20. The summed E-state index contributed by atoms with van der Waals surface area (Å²) in [4.78, 5) is 34.3. The number of piperazine rings is 1. The zero-order valence-corrected chi connectivity index (χ0v) is 22.5. The van der Waals surface area contributed by atoms with E-state index in [1.54, 1.807) is 12.4 Å². The SMILES string of the molecule is CC.CC=N/C(=C\C)c1ccnc(Nc2ccc3[nH]c(C(=O)N4CCN(C5CCCC5)CC4)cc3c2)n1. The van der Waals surface area contributed by atoms with Crippen molar-refractivity contribution >= 4 is 40.4 Å². The number of allylic oxidation sites excluding steroid dienone is 1. The summed E-state index contributed by atoms with van der Waals surface area (Å²) in [7, 11) is 0. The number of H-pyrrole nitrogens is 1. The van der Waals surface area contributed by atoms with Crippen LogP contribution in [0, 0.1) is 0 Å². The van der Waals surface area contributed by atoms with E-state index in [-0.39, 0.29) is 5.91 Å². The molecular weight excluding hydrogens is 462 g/mol. The highest BCUT2D eigenvalue weighted by atomic mass is 16.2. The quantitative estimate of drug-likeness (QED) is 0.412. The van der Waals surface area contributed by atoms with E-state index in [0.29, 0.717) is 11.6 Å². The minimum Gasteiger partial charge on any atom is -0.351 e. The molecule has 2 aromatic heterocycles. The lowest BCUT2D eigenvalue weighted by molar-refractivity contribution is 0.0569. The fourth-order valence-corrected chi connectivity index (χ4v) is 5.17. The number of aromatic nitrogens is 3. The number of carbonyl (C=O) groups excluding carboxylic acids is 1. The Balaban J connectivity index is 0.00000156. The molecule has 1 amide bonds. The molecule has 0 radical (unpaired) electrons. The molecule has 1 aromatic carbocycles. The second kappa shape index (κ2) is 12.6. The maximum atomic E-state index is 13.2. The molecule has 3 heterocycles. The van der Waals surface area contributed by atoms with Crippen LogP contribution in [0.3, 0.4) is 0 Å². The van der Waals surface area contributed by atoms with Gasteiger partial charge in [-0.2, -0.15) is 0 Å². The normalized spacial score (nSPS) is 17.3. The smallest absolute Gasteiger partial charge is 0.270 e. The molecule has 37 heavy (non-hydrogen) atoms. The van der Waals surface area contributed by atoms with Crippen molar-refractivity contribution in [2.45, 2.75) is 59.4 Å². The third-order valence-electron chi connectivity index (χ3n) is 7.01. The maximum Gasteiger partial charge on any atom is 0.270 e. The van der Waals surface area contributed by atoms with E-state index in [4.69, 9.17) is 0 Å². The summed E-state index contributed by atoms with van der Waals surface area (Å²) < 4.78 is 0. The number of carbonyl (C=O) groups is 1. The van der Waals surface area contributed by atoms with Gasteiger partial charge in [0.1, 0.15) is 5.69 Å². The van der Waals surface area contributed by atoms with Crippen LogP contribution in [0.15, 0.2) is 47.6 Å². The standard InChI is InChI=1S/C27H33N7O.C2H6/c1-3-22(28-4-2)24-11-12-29-27(32-24)30-20-9-10-23-19(17-20)18-25(31-23)26(35)34-15-13-33(14-16-34)21-7-5-6-8-21;1-2/h3-4,9-12,17-18,21,31H,5-8,13-16H2,1-2H3,(H,29,30,32);1-2H3/b22-3-,28-4?;. The molecule has 5 rings (SSSR count). The maximum absolute atomic E-state index is 13.2. The van der Waals surface area contributed by atoms with Crippen molar-refractivity contribution in [1.82, 2.24) is 24.8 Å². The third kappa shape index (κ3) is 6.25. The largest absolute Gasteiger partial charge is 0.351 e. The fourth-order valence-electron chi connectivity index (χ4n) is 5.17. The lowest BCUT2D eigenvalue weighted by atomic mass is 10.1. The predicted molar refractivity (Wildman–Crippen MR) is 153 cm³/mol. The van der Waals surface area contributed by atoms with Crippen molar-refractivity contribution < 1.29 is 4.79 Å². The lowest BCUT2D eigenvalue weighted by Crippen LogP contribution is -2.51. The molecule has 1 aliphatic heterocycles. The number of nitrogens with zero attached hydrogens (tertiary/aromatic N) is 5. The van der Waals surface area contributed by atoms with Gasteiger partial charge in [-0.1, -0.05) is 32.8 Å². The first-order valence-corrected chi connectivity index (χ1v) is 13.6. The van der Waals surface area contributed by atoms with Gasteiger partial charge in [-0.25, -0.2) is 9.97 Å². The molecule has 2 fully saturated rings. The van der Waals surface area contributed by atoms with Crippen LogP contribution in [0.5, 0.6) is 0 Å². The number of amides is 1. The van der Waals surface area contributed by atoms with Crippen molar-refractivity contribution in [2.75, 3.05) is 31.5 Å². The average Bonchev–Trinajstić information content (AvgIpc) is 3.63. The molecule has 8 nitrogen and oxygen atoms in total. The minimum atomic E-state index is 0.0770. The molecule has 0 bridgehead atoms. The summed E-state index contributed by atoms with van der Waals surface area (Å²) in [6.07, 6.45) is 10.7. The number of benzene rings is 1. The Bertz CT molecular complexity index is 1250. The summed E-state index contributed by atoms with van der Waals surface area (Å²) >= 11 is 0. The number of aromatic amines is 1. The Morgan fingerprint density at radius 3 is 2.54 bits per heavy atom. The molecule has 0 atom stereocenters. The summed E-state index contributed by atoms with van der Waals surface area (Å²) in [6.45, 7) is 11.4. The highest BCUT2D eigenvalue weighted by Crippen LogP contribution is 2.26. The second-order valence-electron chi connectivity index (χ2n) is 9.20. The van der Waals surface area contributed by atoms with E-state index in [0.717, 1.165) is 60.2 Å². The predicted octanol–water partition coefficient (Wildman–Crippen LogP) is 5.88. The van der Waals surface area contributed by atoms with Crippen molar-refractivity contribution in [3.8, 4) is 0 Å². The molecule has 196 valence electrons. The summed E-state index contributed by atoms with van der Waals surface area (Å²) in [6, 6.07) is 10.5. The first-order chi connectivity index (χ1) is 18.1. The first kappa shape index (κ1) is 26.5. The zero-order chi connectivity index (χ0) is 26.2. The van der Waals surface area contributed by atoms with E-state index in [1.807, 2.05) is 69.0 Å². The molecule has 1 saturated heterocycles. The van der Waals surface area contributed by atoms with Crippen molar-refractivity contribution in [1.29, 1.82) is 0 Å². The molecule has 3 aromatic rings. The molecule has 0 unspecified atom stereocenters. The Morgan fingerprint density at radius 1 is 1.08 bits per heavy atom. The van der Waals surface area contributed by atoms with E-state index in [2.05, 4.69) is 30.2 Å². The van der Waals surface area contributed by atoms with E-state index in [1.165, 1.54) is 25.7 Å². The van der Waals surface area contributed by atoms with E-state index < -0.39 is 0 Å². The number of nitrogens with one attached hydrogen (secondary N) is 2. The van der Waals surface area contributed by atoms with E-state index in [9.17, 15) is 4.79 Å². The van der Waals surface area contributed by atoms with Gasteiger partial charge in [-0.05, 0) is 57.0 Å². The van der Waals surface area contributed by atoms with Gasteiger partial charge in [-0.3, -0.25) is 14.7 Å². The lowest BCUT2D eigenvalue weighted by Gasteiger charge is -2.37. The number of fused-ring (bicyclic) bond motifs is 1. The Hall–Kier alpha value is -3.52.